The van der Waals surface area contributed by atoms with E-state index in [4.69, 9.17) is 12.5 Å². The summed E-state index contributed by atoms with van der Waals surface area (Å²) in [6.07, 6.45) is 7.00. The molecule has 0 unspecified atom stereocenters. The SMILES string of the molecule is [2H]C([2H])(c1cnn(C)c1)N1C(=O)c2cc(S(=O)(=O)NC3(C)CC3)c(OC)cc2N2C1=N[C@H]1CCC[C@H]12. The number of guanidine groups is 1. The summed E-state index contributed by atoms with van der Waals surface area (Å²) in [6, 6.07) is 2.77. The maximum atomic E-state index is 14.0. The van der Waals surface area contributed by atoms with E-state index >= 15 is 0 Å². The predicted molar refractivity (Wildman–Crippen MR) is 125 cm³/mol. The lowest BCUT2D eigenvalue weighted by Crippen LogP contribution is -2.52. The average Bonchev–Trinajstić information content (AvgIpc) is 3.17. The molecule has 34 heavy (non-hydrogen) atoms. The standard InChI is InChI=1S/C23H28N6O4S/c1-23(7-8-23)26-34(31,32)20-9-15-18(10-19(20)33-3)29-17-6-4-5-16(17)25-22(29)28(21(15)30)13-14-11-24-27(2)12-14/h9-12,16-17,26H,4-8,13H2,1-3H3/t16-,17+/m0/s1/i13D2. The van der Waals surface area contributed by atoms with Gasteiger partial charge >= 0.3 is 0 Å². The van der Waals surface area contributed by atoms with Crippen molar-refractivity contribution < 1.29 is 20.7 Å². The maximum Gasteiger partial charge on any atom is 0.263 e. The topological polar surface area (TPSA) is 109 Å². The first kappa shape index (κ1) is 19.4. The van der Waals surface area contributed by atoms with Crippen LogP contribution in [-0.4, -0.2) is 59.7 Å². The number of rotatable bonds is 6. The molecule has 1 N–H and O–H groups in total. The molecule has 2 aliphatic heterocycles. The zero-order chi connectivity index (χ0) is 25.6. The molecule has 4 aliphatic rings. The van der Waals surface area contributed by atoms with Gasteiger partial charge in [-0.1, -0.05) is 0 Å². The normalized spacial score (nSPS) is 25.9. The minimum Gasteiger partial charge on any atom is -0.495 e. The zero-order valence-corrected chi connectivity index (χ0v) is 20.1. The minimum atomic E-state index is -4.00. The number of ether oxygens (including phenoxy) is 1. The second-order valence-electron chi connectivity index (χ2n) is 9.71. The van der Waals surface area contributed by atoms with E-state index in [9.17, 15) is 13.2 Å². The molecular weight excluding hydrogens is 456 g/mol. The Labute approximate surface area is 201 Å². The summed E-state index contributed by atoms with van der Waals surface area (Å²) in [5.74, 6) is -0.300. The van der Waals surface area contributed by atoms with Crippen LogP contribution in [0.1, 0.15) is 57.7 Å². The highest BCUT2D eigenvalue weighted by Crippen LogP contribution is 2.45. The smallest absolute Gasteiger partial charge is 0.263 e. The molecule has 0 bridgehead atoms. The highest BCUT2D eigenvalue weighted by atomic mass is 32.2. The van der Waals surface area contributed by atoms with Crippen molar-refractivity contribution in [1.29, 1.82) is 0 Å². The van der Waals surface area contributed by atoms with Crippen LogP contribution in [0.4, 0.5) is 5.69 Å². The summed E-state index contributed by atoms with van der Waals surface area (Å²) in [6.45, 7) is -0.435. The zero-order valence-electron chi connectivity index (χ0n) is 21.3. The number of anilines is 1. The second kappa shape index (κ2) is 7.29. The molecule has 1 amide bonds. The van der Waals surface area contributed by atoms with Crippen LogP contribution in [0.5, 0.6) is 5.75 Å². The van der Waals surface area contributed by atoms with Crippen LogP contribution < -0.4 is 14.4 Å². The molecule has 2 atom stereocenters. The van der Waals surface area contributed by atoms with Gasteiger partial charge in [-0.15, -0.1) is 0 Å². The first-order chi connectivity index (χ1) is 16.9. The Bertz CT molecular complexity index is 1420. The monoisotopic (exact) mass is 486 g/mol. The molecule has 3 heterocycles. The molecule has 6 rings (SSSR count). The van der Waals surface area contributed by atoms with Crippen molar-refractivity contribution in [1.82, 2.24) is 19.4 Å². The van der Waals surface area contributed by atoms with Gasteiger partial charge in [-0.05, 0) is 45.1 Å². The van der Waals surface area contributed by atoms with Gasteiger partial charge in [-0.3, -0.25) is 14.4 Å². The molecule has 2 fully saturated rings. The fraction of sp³-hybridized carbons (Fsp3) is 0.522. The fourth-order valence-electron chi connectivity index (χ4n) is 5.06. The number of aliphatic imine (C=N–C) groups is 1. The van der Waals surface area contributed by atoms with Crippen molar-refractivity contribution in [2.45, 2.75) is 68.0 Å². The summed E-state index contributed by atoms with van der Waals surface area (Å²) in [4.78, 5) is 21.6. The lowest BCUT2D eigenvalue weighted by Gasteiger charge is -2.38. The van der Waals surface area contributed by atoms with E-state index in [2.05, 4.69) is 9.82 Å². The molecule has 1 aromatic carbocycles. The number of aryl methyl sites for hydroxylation is 1. The number of nitrogens with one attached hydrogen (secondary N) is 1. The largest absolute Gasteiger partial charge is 0.495 e. The van der Waals surface area contributed by atoms with Gasteiger partial charge in [0.05, 0.1) is 45.9 Å². The van der Waals surface area contributed by atoms with Crippen LogP contribution in [0.3, 0.4) is 0 Å². The predicted octanol–water partition coefficient (Wildman–Crippen LogP) is 2.01. The molecule has 2 aliphatic carbocycles. The second-order valence-corrected chi connectivity index (χ2v) is 11.4. The highest BCUT2D eigenvalue weighted by Gasteiger charge is 2.49. The summed E-state index contributed by atoms with van der Waals surface area (Å²) >= 11 is 0. The number of nitrogens with zero attached hydrogens (tertiary/aromatic N) is 5. The Kier molecular flexibility index (Phi) is 4.16. The average molecular weight is 487 g/mol. The minimum absolute atomic E-state index is 0.0466. The third kappa shape index (κ3) is 3.32. The van der Waals surface area contributed by atoms with Crippen LogP contribution in [0.25, 0.3) is 0 Å². The third-order valence-corrected chi connectivity index (χ3v) is 8.72. The number of carbonyl (C=O) groups is 1. The molecule has 0 saturated heterocycles. The number of methoxy groups -OCH3 is 1. The molecule has 0 spiro atoms. The Hall–Kier alpha value is -2.92. The van der Waals surface area contributed by atoms with Gasteiger partial charge in [0.25, 0.3) is 5.91 Å². The van der Waals surface area contributed by atoms with Crippen molar-refractivity contribution in [3.8, 4) is 5.75 Å². The van der Waals surface area contributed by atoms with E-state index in [1.165, 1.54) is 30.3 Å². The number of sulfonamides is 1. The van der Waals surface area contributed by atoms with E-state index < -0.39 is 28.0 Å². The van der Waals surface area contributed by atoms with Gasteiger partial charge in [0.1, 0.15) is 10.6 Å². The summed E-state index contributed by atoms with van der Waals surface area (Å²) in [5, 5.41) is 4.08. The van der Waals surface area contributed by atoms with E-state index in [1.54, 1.807) is 13.1 Å². The Balaban J connectivity index is 1.53. The number of amides is 1. The number of aromatic nitrogens is 2. The molecule has 2 saturated carbocycles. The van der Waals surface area contributed by atoms with Gasteiger partial charge in [0.15, 0.2) is 0 Å². The van der Waals surface area contributed by atoms with Crippen molar-refractivity contribution in [3.05, 3.63) is 35.7 Å². The van der Waals surface area contributed by atoms with Crippen molar-refractivity contribution in [2.75, 3.05) is 12.0 Å². The molecule has 2 aromatic rings. The van der Waals surface area contributed by atoms with Gasteiger partial charge in [-0.2, -0.15) is 5.10 Å². The van der Waals surface area contributed by atoms with Crippen LogP contribution in [0, 0.1) is 0 Å². The summed E-state index contributed by atoms with van der Waals surface area (Å²) in [7, 11) is -0.926. The van der Waals surface area contributed by atoms with Gasteiger partial charge in [-0.25, -0.2) is 18.1 Å². The van der Waals surface area contributed by atoms with E-state index in [-0.39, 0.29) is 39.8 Å². The number of hydrogen-bond donors (Lipinski definition) is 1. The quantitative estimate of drug-likeness (QED) is 0.669. The van der Waals surface area contributed by atoms with Gasteiger partial charge in [0, 0.05) is 30.4 Å². The number of carbonyl (C=O) groups excluding carboxylic acids is 1. The Morgan fingerprint density at radius 3 is 2.79 bits per heavy atom. The Morgan fingerprint density at radius 2 is 2.12 bits per heavy atom. The van der Waals surface area contributed by atoms with E-state index in [1.807, 2.05) is 11.8 Å². The van der Waals surface area contributed by atoms with E-state index in [0.29, 0.717) is 5.69 Å². The number of hydrogen-bond acceptors (Lipinski definition) is 7. The Morgan fingerprint density at radius 1 is 1.32 bits per heavy atom. The molecular formula is C23H28N6O4S. The van der Waals surface area contributed by atoms with Gasteiger partial charge in [0.2, 0.25) is 16.0 Å². The van der Waals surface area contributed by atoms with E-state index in [0.717, 1.165) is 37.0 Å². The third-order valence-electron chi connectivity index (χ3n) is 7.06. The molecule has 180 valence electrons. The molecule has 0 radical (unpaired) electrons. The lowest BCUT2D eigenvalue weighted by atomic mass is 10.0. The van der Waals surface area contributed by atoms with Gasteiger partial charge < -0.3 is 9.64 Å². The first-order valence-electron chi connectivity index (χ1n) is 12.4. The molecule has 11 heteroatoms. The molecule has 1 aromatic heterocycles. The lowest BCUT2D eigenvalue weighted by molar-refractivity contribution is 0.0832. The highest BCUT2D eigenvalue weighted by molar-refractivity contribution is 7.89. The van der Waals surface area contributed by atoms with Crippen LogP contribution >= 0.6 is 0 Å². The van der Waals surface area contributed by atoms with Crippen LogP contribution in [0.15, 0.2) is 34.4 Å². The summed E-state index contributed by atoms with van der Waals surface area (Å²) in [5.41, 5.74) is 0.266. The summed E-state index contributed by atoms with van der Waals surface area (Å²) < 4.78 is 54.2. The van der Waals surface area contributed by atoms with Crippen LogP contribution in [-0.2, 0) is 23.6 Å². The van der Waals surface area contributed by atoms with Crippen molar-refractivity contribution in [2.24, 2.45) is 12.0 Å². The number of fused-ring (bicyclic) bond motifs is 5. The van der Waals surface area contributed by atoms with Crippen molar-refractivity contribution >= 4 is 27.6 Å². The fourth-order valence-corrected chi connectivity index (χ4v) is 6.70. The van der Waals surface area contributed by atoms with Crippen molar-refractivity contribution in [3.63, 3.8) is 0 Å². The first-order valence-corrected chi connectivity index (χ1v) is 12.9. The maximum absolute atomic E-state index is 14.0. The molecule has 10 nitrogen and oxygen atoms in total. The number of benzene rings is 1. The van der Waals surface area contributed by atoms with Crippen LogP contribution in [0.2, 0.25) is 0 Å².